The van der Waals surface area contributed by atoms with Gasteiger partial charge in [-0.1, -0.05) is 11.6 Å². The number of nitrogens with zero attached hydrogens (tertiary/aromatic N) is 4. The highest BCUT2D eigenvalue weighted by Gasteiger charge is 2.17. The van der Waals surface area contributed by atoms with Crippen LogP contribution in [-0.2, 0) is 25.4 Å². The maximum atomic E-state index is 13.3. The van der Waals surface area contributed by atoms with E-state index in [1.54, 1.807) is 7.05 Å². The van der Waals surface area contributed by atoms with Gasteiger partial charge in [0.1, 0.15) is 0 Å². The third-order valence-corrected chi connectivity index (χ3v) is 4.50. The Labute approximate surface area is 161 Å². The lowest BCUT2D eigenvalue weighted by molar-refractivity contribution is 0.0495. The highest BCUT2D eigenvalue weighted by atomic mass is 35.5. The molecule has 2 aromatic heterocycles. The lowest BCUT2D eigenvalue weighted by Gasteiger charge is -2.09. The number of fused-ring (bicyclic) bond motifs is 1. The van der Waals surface area contributed by atoms with E-state index >= 15 is 0 Å². The minimum Gasteiger partial charge on any atom is -0.462 e. The molecule has 0 aliphatic heterocycles. The molecule has 3 rings (SSSR count). The molecule has 3 aromatic rings. The van der Waals surface area contributed by atoms with E-state index in [0.29, 0.717) is 12.1 Å². The number of hydrogen-bond acceptors (Lipinski definition) is 5. The molecule has 0 amide bonds. The van der Waals surface area contributed by atoms with Crippen molar-refractivity contribution in [3.8, 4) is 0 Å². The van der Waals surface area contributed by atoms with E-state index in [0.717, 1.165) is 4.57 Å². The van der Waals surface area contributed by atoms with Crippen LogP contribution in [0.5, 0.6) is 0 Å². The molecular formula is C17H15ClF2N4O4. The van der Waals surface area contributed by atoms with Crippen molar-refractivity contribution in [3.63, 3.8) is 0 Å². The van der Waals surface area contributed by atoms with Gasteiger partial charge in [-0.25, -0.2) is 23.4 Å². The van der Waals surface area contributed by atoms with Crippen molar-refractivity contribution < 1.29 is 18.3 Å². The Morgan fingerprint density at radius 3 is 2.61 bits per heavy atom. The van der Waals surface area contributed by atoms with Crippen LogP contribution in [0.1, 0.15) is 16.8 Å². The van der Waals surface area contributed by atoms with Crippen LogP contribution in [0.2, 0.25) is 5.02 Å². The third kappa shape index (κ3) is 3.42. The fourth-order valence-electron chi connectivity index (χ4n) is 2.74. The van der Waals surface area contributed by atoms with Crippen LogP contribution in [0.3, 0.4) is 0 Å². The minimum atomic E-state index is -1.23. The van der Waals surface area contributed by atoms with Gasteiger partial charge < -0.3 is 9.30 Å². The highest BCUT2D eigenvalue weighted by molar-refractivity contribution is 6.33. The Kier molecular flexibility index (Phi) is 5.32. The van der Waals surface area contributed by atoms with Crippen molar-refractivity contribution in [2.45, 2.75) is 13.0 Å². The summed E-state index contributed by atoms with van der Waals surface area (Å²) >= 11 is 5.72. The summed E-state index contributed by atoms with van der Waals surface area (Å²) in [4.78, 5) is 40.9. The second-order valence-corrected chi connectivity index (χ2v) is 6.47. The van der Waals surface area contributed by atoms with Crippen molar-refractivity contribution >= 4 is 28.7 Å². The average molecular weight is 413 g/mol. The smallest absolute Gasteiger partial charge is 0.339 e. The molecule has 28 heavy (non-hydrogen) atoms. The molecule has 0 radical (unpaired) electrons. The number of ether oxygens (including phenoxy) is 1. The van der Waals surface area contributed by atoms with E-state index in [4.69, 9.17) is 16.3 Å². The molecule has 148 valence electrons. The zero-order valence-corrected chi connectivity index (χ0v) is 15.7. The number of carbonyl (C=O) groups is 1. The third-order valence-electron chi connectivity index (χ3n) is 4.19. The molecule has 1 aromatic carbocycles. The summed E-state index contributed by atoms with van der Waals surface area (Å²) in [5.74, 6) is -3.34. The van der Waals surface area contributed by atoms with Crippen molar-refractivity contribution in [2.24, 2.45) is 14.1 Å². The average Bonchev–Trinajstić information content (AvgIpc) is 3.04. The number of aromatic nitrogens is 4. The molecule has 0 unspecified atom stereocenters. The summed E-state index contributed by atoms with van der Waals surface area (Å²) in [5.41, 5.74) is -0.829. The molecule has 0 bridgehead atoms. The SMILES string of the molecule is Cn1cnc2c1c(=O)n(CCCOC(=O)c1cc(F)c(F)cc1Cl)c(=O)n2C. The topological polar surface area (TPSA) is 88.1 Å². The zero-order chi connectivity index (χ0) is 20.6. The summed E-state index contributed by atoms with van der Waals surface area (Å²) in [7, 11) is 3.14. The Bertz CT molecular complexity index is 1200. The molecule has 0 saturated carbocycles. The number of imidazole rings is 1. The fourth-order valence-corrected chi connectivity index (χ4v) is 2.97. The number of hydrogen-bond donors (Lipinski definition) is 0. The first-order valence-corrected chi connectivity index (χ1v) is 8.52. The first kappa shape index (κ1) is 19.7. The van der Waals surface area contributed by atoms with Gasteiger partial charge in [0.05, 0.1) is 23.5 Å². The number of halogens is 3. The molecule has 0 fully saturated rings. The fraction of sp³-hybridized carbons (Fsp3) is 0.294. The van der Waals surface area contributed by atoms with E-state index in [1.165, 1.54) is 22.5 Å². The summed E-state index contributed by atoms with van der Waals surface area (Å²) in [6, 6.07) is 1.33. The summed E-state index contributed by atoms with van der Waals surface area (Å²) in [6.45, 7) is -0.168. The molecule has 0 saturated heterocycles. The Hall–Kier alpha value is -3.01. The number of aryl methyl sites for hydroxylation is 2. The molecule has 0 aliphatic rings. The van der Waals surface area contributed by atoms with Crippen LogP contribution in [0.25, 0.3) is 11.2 Å². The summed E-state index contributed by atoms with van der Waals surface area (Å²) in [5, 5.41) is -0.282. The number of carbonyl (C=O) groups excluding carboxylic acids is 1. The Balaban J connectivity index is 1.72. The lowest BCUT2D eigenvalue weighted by atomic mass is 10.2. The first-order valence-electron chi connectivity index (χ1n) is 8.15. The van der Waals surface area contributed by atoms with E-state index in [9.17, 15) is 23.2 Å². The largest absolute Gasteiger partial charge is 0.462 e. The second-order valence-electron chi connectivity index (χ2n) is 6.06. The Morgan fingerprint density at radius 1 is 1.21 bits per heavy atom. The van der Waals surface area contributed by atoms with Crippen LogP contribution >= 0.6 is 11.6 Å². The normalized spacial score (nSPS) is 11.2. The van der Waals surface area contributed by atoms with Gasteiger partial charge in [-0.15, -0.1) is 0 Å². The molecule has 8 nitrogen and oxygen atoms in total. The van der Waals surface area contributed by atoms with Crippen LogP contribution in [0.15, 0.2) is 28.0 Å². The predicted octanol–water partition coefficient (Wildman–Crippen LogP) is 1.61. The number of rotatable bonds is 5. The molecule has 2 heterocycles. The van der Waals surface area contributed by atoms with Crippen LogP contribution in [-0.4, -0.2) is 31.3 Å². The quantitative estimate of drug-likeness (QED) is 0.361. The van der Waals surface area contributed by atoms with E-state index in [2.05, 4.69) is 4.98 Å². The van der Waals surface area contributed by atoms with Crippen molar-refractivity contribution in [3.05, 3.63) is 61.5 Å². The lowest BCUT2D eigenvalue weighted by Crippen LogP contribution is -2.39. The van der Waals surface area contributed by atoms with E-state index < -0.39 is 28.9 Å². The monoisotopic (exact) mass is 412 g/mol. The van der Waals surface area contributed by atoms with Gasteiger partial charge in [-0.2, -0.15) is 0 Å². The van der Waals surface area contributed by atoms with Gasteiger partial charge in [0.25, 0.3) is 5.56 Å². The van der Waals surface area contributed by atoms with Gasteiger partial charge in [-0.05, 0) is 18.6 Å². The van der Waals surface area contributed by atoms with E-state index in [-0.39, 0.29) is 41.3 Å². The van der Waals surface area contributed by atoms with Crippen LogP contribution in [0, 0.1) is 11.6 Å². The maximum absolute atomic E-state index is 13.3. The van der Waals surface area contributed by atoms with Gasteiger partial charge in [0, 0.05) is 20.6 Å². The molecular weight excluding hydrogens is 398 g/mol. The number of esters is 1. The summed E-state index contributed by atoms with van der Waals surface area (Å²) in [6.07, 6.45) is 1.58. The molecule has 0 N–H and O–H groups in total. The van der Waals surface area contributed by atoms with Gasteiger partial charge in [-0.3, -0.25) is 13.9 Å². The van der Waals surface area contributed by atoms with Crippen LogP contribution < -0.4 is 11.2 Å². The van der Waals surface area contributed by atoms with Gasteiger partial charge in [0.2, 0.25) is 0 Å². The minimum absolute atomic E-state index is 0.00851. The summed E-state index contributed by atoms with van der Waals surface area (Å²) < 4.78 is 35.1. The Morgan fingerprint density at radius 2 is 1.89 bits per heavy atom. The number of benzene rings is 1. The van der Waals surface area contributed by atoms with Crippen molar-refractivity contribution in [2.75, 3.05) is 6.61 Å². The van der Waals surface area contributed by atoms with Gasteiger partial charge in [0.15, 0.2) is 22.8 Å². The molecule has 0 aliphatic carbocycles. The molecule has 11 heteroatoms. The van der Waals surface area contributed by atoms with Gasteiger partial charge >= 0.3 is 11.7 Å². The predicted molar refractivity (Wildman–Crippen MR) is 96.5 cm³/mol. The maximum Gasteiger partial charge on any atom is 0.339 e. The molecule has 0 spiro atoms. The van der Waals surface area contributed by atoms with Crippen molar-refractivity contribution in [1.82, 2.24) is 18.7 Å². The standard InChI is InChI=1S/C17H15ClF2N4O4/c1-22-8-21-14-13(22)15(25)24(17(27)23(14)2)4-3-5-28-16(26)9-6-11(19)12(20)7-10(9)18/h6-8H,3-5H2,1-2H3. The first-order chi connectivity index (χ1) is 13.2. The molecule has 0 atom stereocenters. The second kappa shape index (κ2) is 7.55. The highest BCUT2D eigenvalue weighted by Crippen LogP contribution is 2.20. The van der Waals surface area contributed by atoms with E-state index in [1.807, 2.05) is 0 Å². The zero-order valence-electron chi connectivity index (χ0n) is 14.9. The van der Waals surface area contributed by atoms with Crippen LogP contribution in [0.4, 0.5) is 8.78 Å². The van der Waals surface area contributed by atoms with Crippen molar-refractivity contribution in [1.29, 1.82) is 0 Å².